The van der Waals surface area contributed by atoms with Crippen LogP contribution in [0.3, 0.4) is 0 Å². The number of nitriles is 1. The summed E-state index contributed by atoms with van der Waals surface area (Å²) in [6.07, 6.45) is 2.05. The minimum absolute atomic E-state index is 0.00307. The van der Waals surface area contributed by atoms with Gasteiger partial charge >= 0.3 is 0 Å². The third-order valence-electron chi connectivity index (χ3n) is 8.98. The average Bonchev–Trinajstić information content (AvgIpc) is 3.40. The second-order valence-electron chi connectivity index (χ2n) is 10.7. The molecule has 38 heavy (non-hydrogen) atoms. The Balaban J connectivity index is 1.60. The van der Waals surface area contributed by atoms with Gasteiger partial charge in [0.2, 0.25) is 6.79 Å². The molecule has 9 heteroatoms. The van der Waals surface area contributed by atoms with Crippen LogP contribution in [0, 0.1) is 25.2 Å². The summed E-state index contributed by atoms with van der Waals surface area (Å²) in [6, 6.07) is 4.24. The molecule has 0 amide bonds. The zero-order valence-corrected chi connectivity index (χ0v) is 22.8. The lowest BCUT2D eigenvalue weighted by Gasteiger charge is -2.60. The Morgan fingerprint density at radius 3 is 2.55 bits per heavy atom. The zero-order valence-electron chi connectivity index (χ0n) is 22.8. The van der Waals surface area contributed by atoms with Crippen molar-refractivity contribution in [2.45, 2.75) is 70.2 Å². The number of piperazine rings is 1. The van der Waals surface area contributed by atoms with Gasteiger partial charge in [-0.05, 0) is 51.3 Å². The van der Waals surface area contributed by atoms with Crippen molar-refractivity contribution < 1.29 is 28.8 Å². The molecule has 2 aromatic carbocycles. The summed E-state index contributed by atoms with van der Waals surface area (Å²) in [6.45, 7) is 6.26. The van der Waals surface area contributed by atoms with Crippen LogP contribution in [-0.2, 0) is 17.6 Å². The van der Waals surface area contributed by atoms with Gasteiger partial charge < -0.3 is 28.8 Å². The number of ether oxygens (including phenoxy) is 5. The zero-order chi connectivity index (χ0) is 26.9. The SMILES string of the molecule is CC[C@H]1c2c(c(O)c(C)c3c2OCO3)C[C@H]2C3c4c(cc(C)c(OC)c4OCOC)CC([C@H](C#N)N12)N3C. The first-order valence-corrected chi connectivity index (χ1v) is 13.2. The predicted molar refractivity (Wildman–Crippen MR) is 139 cm³/mol. The minimum Gasteiger partial charge on any atom is -0.507 e. The molecule has 0 aromatic heterocycles. The molecule has 0 radical (unpaired) electrons. The van der Waals surface area contributed by atoms with Gasteiger partial charge in [0.15, 0.2) is 29.8 Å². The molecule has 4 aliphatic rings. The van der Waals surface area contributed by atoms with Gasteiger partial charge in [-0.1, -0.05) is 13.0 Å². The molecule has 202 valence electrons. The molecule has 4 heterocycles. The van der Waals surface area contributed by atoms with E-state index in [9.17, 15) is 10.4 Å². The Kier molecular flexibility index (Phi) is 6.10. The van der Waals surface area contributed by atoms with Gasteiger partial charge in [0.25, 0.3) is 0 Å². The van der Waals surface area contributed by atoms with Crippen LogP contribution in [0.5, 0.6) is 28.7 Å². The number of benzene rings is 2. The molecular weight excluding hydrogens is 486 g/mol. The van der Waals surface area contributed by atoms with E-state index in [1.807, 2.05) is 13.8 Å². The second-order valence-corrected chi connectivity index (χ2v) is 10.7. The van der Waals surface area contributed by atoms with Crippen molar-refractivity contribution in [1.29, 1.82) is 5.26 Å². The Morgan fingerprint density at radius 2 is 1.87 bits per heavy atom. The van der Waals surface area contributed by atoms with Crippen LogP contribution >= 0.6 is 0 Å². The van der Waals surface area contributed by atoms with E-state index >= 15 is 0 Å². The van der Waals surface area contributed by atoms with Gasteiger partial charge in [0.05, 0.1) is 19.2 Å². The Morgan fingerprint density at radius 1 is 1.11 bits per heavy atom. The first-order valence-electron chi connectivity index (χ1n) is 13.2. The molecule has 0 spiro atoms. The van der Waals surface area contributed by atoms with E-state index in [2.05, 4.69) is 35.9 Å². The highest BCUT2D eigenvalue weighted by Gasteiger charge is 2.56. The maximum atomic E-state index is 11.4. The molecular formula is C29H35N3O6. The van der Waals surface area contributed by atoms with Crippen molar-refractivity contribution in [2.24, 2.45) is 0 Å². The van der Waals surface area contributed by atoms with Crippen LogP contribution in [0.2, 0.25) is 0 Å². The van der Waals surface area contributed by atoms with Gasteiger partial charge in [-0.2, -0.15) is 5.26 Å². The molecule has 2 unspecified atom stereocenters. The summed E-state index contributed by atoms with van der Waals surface area (Å²) in [5.74, 6) is 2.98. The fraction of sp³-hybridized carbons (Fsp3) is 0.552. The van der Waals surface area contributed by atoms with E-state index in [0.29, 0.717) is 35.0 Å². The Labute approximate surface area is 223 Å². The highest BCUT2D eigenvalue weighted by Crippen LogP contribution is 2.58. The quantitative estimate of drug-likeness (QED) is 0.588. The topological polar surface area (TPSA) is 96.7 Å². The van der Waals surface area contributed by atoms with Gasteiger partial charge in [0.1, 0.15) is 11.8 Å². The molecule has 2 bridgehead atoms. The van der Waals surface area contributed by atoms with E-state index in [4.69, 9.17) is 23.7 Å². The molecule has 6 rings (SSSR count). The molecule has 2 aromatic rings. The van der Waals surface area contributed by atoms with Crippen LogP contribution < -0.4 is 18.9 Å². The number of fused-ring (bicyclic) bond motifs is 9. The van der Waals surface area contributed by atoms with Crippen LogP contribution in [0.4, 0.5) is 0 Å². The molecule has 9 nitrogen and oxygen atoms in total. The summed E-state index contributed by atoms with van der Waals surface area (Å²) in [5, 5.41) is 22.0. The maximum absolute atomic E-state index is 11.4. The molecule has 1 N–H and O–H groups in total. The third-order valence-corrected chi connectivity index (χ3v) is 8.98. The first kappa shape index (κ1) is 25.1. The number of methoxy groups -OCH3 is 2. The lowest BCUT2D eigenvalue weighted by atomic mass is 9.71. The summed E-state index contributed by atoms with van der Waals surface area (Å²) < 4.78 is 29.1. The maximum Gasteiger partial charge on any atom is 0.231 e. The summed E-state index contributed by atoms with van der Waals surface area (Å²) in [7, 11) is 5.37. The standard InChI is InChI=1S/C29H35N3O6/c1-7-18-23-17(25(33)15(3)27-29(23)38-13-37-27)10-20-24-22-16(9-19(31(24)4)21(11-30)32(18)20)8-14(2)26(35-6)28(22)36-12-34-5/h8,18-21,24,33H,7,9-10,12-13H2,1-6H3/t18-,19?,20-,21-,24?/m0/s1. The number of phenolic OH excluding ortho intramolecular Hbond substituents is 1. The highest BCUT2D eigenvalue weighted by atomic mass is 16.7. The van der Waals surface area contributed by atoms with Crippen molar-refractivity contribution in [2.75, 3.05) is 34.9 Å². The number of nitrogens with zero attached hydrogens (tertiary/aromatic N) is 3. The molecule has 0 aliphatic carbocycles. The number of likely N-dealkylation sites (N-methyl/N-ethyl adjacent to an activating group) is 1. The molecule has 5 atom stereocenters. The van der Waals surface area contributed by atoms with Gasteiger partial charge in [-0.3, -0.25) is 9.80 Å². The average molecular weight is 522 g/mol. The van der Waals surface area contributed by atoms with Crippen LogP contribution in [0.15, 0.2) is 6.07 Å². The number of aryl methyl sites for hydroxylation is 1. The first-order chi connectivity index (χ1) is 18.4. The number of hydrogen-bond donors (Lipinski definition) is 1. The molecule has 0 saturated carbocycles. The van der Waals surface area contributed by atoms with Crippen molar-refractivity contribution in [3.05, 3.63) is 39.4 Å². The summed E-state index contributed by atoms with van der Waals surface area (Å²) in [4.78, 5) is 4.71. The second kappa shape index (κ2) is 9.23. The van der Waals surface area contributed by atoms with Crippen LogP contribution in [0.25, 0.3) is 0 Å². The van der Waals surface area contributed by atoms with Crippen molar-refractivity contribution in [3.8, 4) is 34.8 Å². The summed E-state index contributed by atoms with van der Waals surface area (Å²) in [5.41, 5.74) is 5.78. The third kappa shape index (κ3) is 3.27. The lowest BCUT2D eigenvalue weighted by molar-refractivity contribution is -0.0745. The normalized spacial score (nSPS) is 27.2. The fourth-order valence-electron chi connectivity index (χ4n) is 7.49. The van der Waals surface area contributed by atoms with E-state index in [1.54, 1.807) is 14.2 Å². The Hall–Kier alpha value is -3.19. The van der Waals surface area contributed by atoms with E-state index in [1.165, 1.54) is 5.56 Å². The Bertz CT molecular complexity index is 1340. The number of aromatic hydroxyl groups is 1. The minimum atomic E-state index is -0.334. The largest absolute Gasteiger partial charge is 0.507 e. The molecule has 4 aliphatic heterocycles. The predicted octanol–water partition coefficient (Wildman–Crippen LogP) is 3.91. The van der Waals surface area contributed by atoms with Crippen LogP contribution in [-0.4, -0.2) is 67.9 Å². The molecule has 1 fully saturated rings. The number of phenols is 1. The monoisotopic (exact) mass is 521 g/mol. The van der Waals surface area contributed by atoms with E-state index in [0.717, 1.165) is 35.1 Å². The fourth-order valence-corrected chi connectivity index (χ4v) is 7.49. The molecule has 1 saturated heterocycles. The number of rotatable bonds is 5. The van der Waals surface area contributed by atoms with Gasteiger partial charge in [-0.25, -0.2) is 0 Å². The lowest BCUT2D eigenvalue weighted by Crippen LogP contribution is -2.68. The van der Waals surface area contributed by atoms with Gasteiger partial charge in [0, 0.05) is 47.5 Å². The van der Waals surface area contributed by atoms with Crippen LogP contribution in [0.1, 0.15) is 58.8 Å². The van der Waals surface area contributed by atoms with E-state index < -0.39 is 0 Å². The van der Waals surface area contributed by atoms with Crippen molar-refractivity contribution in [3.63, 3.8) is 0 Å². The smallest absolute Gasteiger partial charge is 0.231 e. The van der Waals surface area contributed by atoms with Gasteiger partial charge in [-0.15, -0.1) is 0 Å². The highest BCUT2D eigenvalue weighted by molar-refractivity contribution is 5.66. The number of hydrogen-bond acceptors (Lipinski definition) is 9. The summed E-state index contributed by atoms with van der Waals surface area (Å²) >= 11 is 0. The van der Waals surface area contributed by atoms with E-state index in [-0.39, 0.29) is 49.5 Å². The van der Waals surface area contributed by atoms with Crippen molar-refractivity contribution >= 4 is 0 Å². The van der Waals surface area contributed by atoms with Crippen molar-refractivity contribution in [1.82, 2.24) is 9.80 Å².